The fourth-order valence-electron chi connectivity index (χ4n) is 5.61. The number of epoxide rings is 2. The van der Waals surface area contributed by atoms with Crippen molar-refractivity contribution in [1.82, 2.24) is 0 Å². The van der Waals surface area contributed by atoms with E-state index in [4.69, 9.17) is 28.8 Å². The van der Waals surface area contributed by atoms with Gasteiger partial charge in [0.05, 0.1) is 38.4 Å². The maximum absolute atomic E-state index is 12.8. The predicted octanol–water partition coefficient (Wildman–Crippen LogP) is 3.74. The largest absolute Gasteiger partial charge is 0.456 e. The van der Waals surface area contributed by atoms with Crippen LogP contribution in [0.1, 0.15) is 45.6 Å². The van der Waals surface area contributed by atoms with Gasteiger partial charge in [0.2, 0.25) is 0 Å². The molecule has 0 unspecified atom stereocenters. The number of aliphatic hydroxyl groups excluding tert-OH is 1. The Balaban J connectivity index is 1.35. The number of benzene rings is 1. The molecule has 1 spiro atoms. The highest BCUT2D eigenvalue weighted by atomic mass is 16.6. The molecule has 1 aromatic carbocycles. The molecule has 4 rings (SSSR count). The zero-order chi connectivity index (χ0) is 26.5. The lowest BCUT2D eigenvalue weighted by atomic mass is 9.68. The SMILES string of the molecule is CO[C@@H]1[C@H](OC(=O)C=Cc2cccc(NCCOCCO)c2)CC[C@]2(CO2)[C@H]1[C@@]1(C)O[C@@H]1CC=C(C)C. The van der Waals surface area contributed by atoms with Gasteiger partial charge in [0.1, 0.15) is 23.4 Å². The predicted molar refractivity (Wildman–Crippen MR) is 141 cm³/mol. The van der Waals surface area contributed by atoms with Crippen LogP contribution >= 0.6 is 0 Å². The van der Waals surface area contributed by atoms with E-state index in [1.807, 2.05) is 24.3 Å². The number of hydrogen-bond donors (Lipinski definition) is 2. The van der Waals surface area contributed by atoms with Crippen LogP contribution in [0.4, 0.5) is 5.69 Å². The minimum Gasteiger partial charge on any atom is -0.456 e. The topological polar surface area (TPSA) is 102 Å². The second kappa shape index (κ2) is 12.1. The molecule has 1 aliphatic carbocycles. The third-order valence-corrected chi connectivity index (χ3v) is 7.61. The van der Waals surface area contributed by atoms with Crippen molar-refractivity contribution in [2.75, 3.05) is 45.4 Å². The van der Waals surface area contributed by atoms with E-state index in [0.717, 1.165) is 24.1 Å². The van der Waals surface area contributed by atoms with Gasteiger partial charge in [0.15, 0.2) is 0 Å². The van der Waals surface area contributed by atoms with Crippen molar-refractivity contribution in [2.45, 2.75) is 69.5 Å². The van der Waals surface area contributed by atoms with Crippen molar-refractivity contribution in [3.05, 3.63) is 47.6 Å². The summed E-state index contributed by atoms with van der Waals surface area (Å²) in [4.78, 5) is 12.8. The van der Waals surface area contributed by atoms with E-state index in [2.05, 4.69) is 32.2 Å². The lowest BCUT2D eigenvalue weighted by Crippen LogP contribution is -2.55. The summed E-state index contributed by atoms with van der Waals surface area (Å²) in [7, 11) is 1.68. The van der Waals surface area contributed by atoms with E-state index < -0.39 is 5.97 Å². The first-order valence-corrected chi connectivity index (χ1v) is 13.2. The highest BCUT2D eigenvalue weighted by molar-refractivity contribution is 5.87. The summed E-state index contributed by atoms with van der Waals surface area (Å²) in [6.07, 6.45) is 7.26. The molecular weight excluding hydrogens is 474 g/mol. The molecule has 2 aliphatic heterocycles. The molecule has 3 fully saturated rings. The first-order chi connectivity index (χ1) is 17.8. The molecule has 204 valence electrons. The van der Waals surface area contributed by atoms with Crippen LogP contribution in [0.3, 0.4) is 0 Å². The minimum atomic E-state index is -0.391. The van der Waals surface area contributed by atoms with Gasteiger partial charge in [0.25, 0.3) is 0 Å². The number of aliphatic hydroxyl groups is 1. The summed E-state index contributed by atoms with van der Waals surface area (Å²) in [6, 6.07) is 7.76. The molecular formula is C29H41NO7. The molecule has 0 amide bonds. The number of esters is 1. The number of rotatable bonds is 13. The molecule has 0 radical (unpaired) electrons. The number of carbonyl (C=O) groups is 1. The van der Waals surface area contributed by atoms with E-state index >= 15 is 0 Å². The molecule has 0 bridgehead atoms. The zero-order valence-corrected chi connectivity index (χ0v) is 22.4. The van der Waals surface area contributed by atoms with Gasteiger partial charge in [-0.3, -0.25) is 0 Å². The Morgan fingerprint density at radius 1 is 1.30 bits per heavy atom. The second-order valence-electron chi connectivity index (χ2n) is 10.6. The van der Waals surface area contributed by atoms with Crippen molar-refractivity contribution in [3.63, 3.8) is 0 Å². The Morgan fingerprint density at radius 2 is 2.11 bits per heavy atom. The Labute approximate surface area is 220 Å². The standard InChI is InChI=1S/C29H41NO7/c1-20(2)8-10-24-28(3,37-24)27-26(33-4)23(12-13-29(27)19-35-29)36-25(32)11-9-21-6-5-7-22(18-21)30-14-16-34-17-15-31/h5-9,11,18,23-24,26-27,30-31H,10,12-17,19H2,1-4H3/t23-,24-,26-,27-,28+,29+/m1/s1. The molecule has 8 heteroatoms. The van der Waals surface area contributed by atoms with Crippen LogP contribution in [0, 0.1) is 5.92 Å². The molecule has 2 heterocycles. The minimum absolute atomic E-state index is 0.000190. The molecule has 0 aromatic heterocycles. The van der Waals surface area contributed by atoms with E-state index in [9.17, 15) is 4.79 Å². The van der Waals surface area contributed by atoms with Gasteiger partial charge in [-0.1, -0.05) is 23.8 Å². The van der Waals surface area contributed by atoms with Crippen LogP contribution < -0.4 is 5.32 Å². The maximum Gasteiger partial charge on any atom is 0.331 e. The lowest BCUT2D eigenvalue weighted by Gasteiger charge is -2.42. The summed E-state index contributed by atoms with van der Waals surface area (Å²) in [5, 5.41) is 12.0. The molecule has 37 heavy (non-hydrogen) atoms. The normalized spacial score (nSPS) is 32.4. The first-order valence-electron chi connectivity index (χ1n) is 13.2. The third kappa shape index (κ3) is 6.81. The average Bonchev–Trinajstić information content (AvgIpc) is 3.79. The van der Waals surface area contributed by atoms with Gasteiger partial charge in [-0.25, -0.2) is 4.79 Å². The molecule has 3 aliphatic rings. The van der Waals surface area contributed by atoms with Crippen molar-refractivity contribution < 1.29 is 33.6 Å². The van der Waals surface area contributed by atoms with E-state index in [0.29, 0.717) is 32.8 Å². The number of nitrogens with one attached hydrogen (secondary N) is 1. The molecule has 1 saturated carbocycles. The fourth-order valence-corrected chi connectivity index (χ4v) is 5.61. The van der Waals surface area contributed by atoms with Crippen LogP contribution in [0.25, 0.3) is 6.08 Å². The monoisotopic (exact) mass is 515 g/mol. The number of methoxy groups -OCH3 is 1. The third-order valence-electron chi connectivity index (χ3n) is 7.61. The van der Waals surface area contributed by atoms with Gasteiger partial charge in [0, 0.05) is 25.4 Å². The maximum atomic E-state index is 12.8. The van der Waals surface area contributed by atoms with Crippen LogP contribution in [-0.4, -0.2) is 80.7 Å². The lowest BCUT2D eigenvalue weighted by molar-refractivity contribution is -0.166. The number of carbonyl (C=O) groups excluding carboxylic acids is 1. The van der Waals surface area contributed by atoms with Gasteiger partial charge in [-0.05, 0) is 63.8 Å². The number of anilines is 1. The highest BCUT2D eigenvalue weighted by Gasteiger charge is 2.72. The van der Waals surface area contributed by atoms with Crippen molar-refractivity contribution >= 4 is 17.7 Å². The van der Waals surface area contributed by atoms with Crippen LogP contribution in [0.2, 0.25) is 0 Å². The zero-order valence-electron chi connectivity index (χ0n) is 22.4. The van der Waals surface area contributed by atoms with Crippen LogP contribution in [0.15, 0.2) is 42.0 Å². The number of allylic oxidation sites excluding steroid dienone is 1. The molecule has 2 N–H and O–H groups in total. The average molecular weight is 516 g/mol. The summed E-state index contributed by atoms with van der Waals surface area (Å²) in [6.45, 7) is 8.49. The smallest absolute Gasteiger partial charge is 0.331 e. The van der Waals surface area contributed by atoms with Gasteiger partial charge < -0.3 is 34.1 Å². The first kappa shape index (κ1) is 27.8. The Hall–Kier alpha value is -2.23. The quantitative estimate of drug-likeness (QED) is 0.135. The van der Waals surface area contributed by atoms with Gasteiger partial charge in [-0.2, -0.15) is 0 Å². The number of hydrogen-bond acceptors (Lipinski definition) is 8. The van der Waals surface area contributed by atoms with Crippen molar-refractivity contribution in [3.8, 4) is 0 Å². The summed E-state index contributed by atoms with van der Waals surface area (Å²) in [5.41, 5.74) is 2.47. The summed E-state index contributed by atoms with van der Waals surface area (Å²) < 4.78 is 29.4. The van der Waals surface area contributed by atoms with Crippen molar-refractivity contribution in [2.24, 2.45) is 5.92 Å². The van der Waals surface area contributed by atoms with Crippen LogP contribution in [-0.2, 0) is 28.5 Å². The Bertz CT molecular complexity index is 984. The number of ether oxygens (including phenoxy) is 5. The van der Waals surface area contributed by atoms with E-state index in [1.165, 1.54) is 11.6 Å². The van der Waals surface area contributed by atoms with E-state index in [1.54, 1.807) is 13.2 Å². The second-order valence-corrected chi connectivity index (χ2v) is 10.6. The van der Waals surface area contributed by atoms with E-state index in [-0.39, 0.29) is 42.0 Å². The Morgan fingerprint density at radius 3 is 2.81 bits per heavy atom. The Kier molecular flexibility index (Phi) is 9.08. The van der Waals surface area contributed by atoms with Gasteiger partial charge >= 0.3 is 5.97 Å². The highest BCUT2D eigenvalue weighted by Crippen LogP contribution is 2.59. The van der Waals surface area contributed by atoms with Crippen molar-refractivity contribution in [1.29, 1.82) is 0 Å². The molecule has 8 nitrogen and oxygen atoms in total. The molecule has 1 aromatic rings. The molecule has 6 atom stereocenters. The van der Waals surface area contributed by atoms with Crippen LogP contribution in [0.5, 0.6) is 0 Å². The molecule has 2 saturated heterocycles. The summed E-state index contributed by atoms with van der Waals surface area (Å²) >= 11 is 0. The van der Waals surface area contributed by atoms with Gasteiger partial charge in [-0.15, -0.1) is 0 Å². The fraction of sp³-hybridized carbons (Fsp3) is 0.621. The summed E-state index contributed by atoms with van der Waals surface area (Å²) in [5.74, 6) is -0.391.